The molecule has 2 rings (SSSR count). The molecule has 1 aromatic carbocycles. The van der Waals surface area contributed by atoms with Gasteiger partial charge in [0.1, 0.15) is 23.4 Å². The topological polar surface area (TPSA) is 108 Å². The van der Waals surface area contributed by atoms with Gasteiger partial charge >= 0.3 is 6.09 Å². The highest BCUT2D eigenvalue weighted by Gasteiger charge is 2.45. The van der Waals surface area contributed by atoms with Gasteiger partial charge in [-0.15, -0.1) is 0 Å². The number of hydrogen-bond donors (Lipinski definition) is 3. The molecular weight excluding hydrogens is 410 g/mol. The van der Waals surface area contributed by atoms with Crippen molar-refractivity contribution < 1.29 is 24.2 Å². The second-order valence-electron chi connectivity index (χ2n) is 9.97. The van der Waals surface area contributed by atoms with Crippen molar-refractivity contribution in [3.8, 4) is 5.75 Å². The minimum absolute atomic E-state index is 0.0592. The van der Waals surface area contributed by atoms with Crippen molar-refractivity contribution in [2.24, 2.45) is 5.92 Å². The van der Waals surface area contributed by atoms with Gasteiger partial charge in [-0.25, -0.2) is 4.79 Å². The normalized spacial score (nSPS) is 15.8. The molecule has 0 heterocycles. The van der Waals surface area contributed by atoms with Crippen LogP contribution in [0.1, 0.15) is 72.9 Å². The summed E-state index contributed by atoms with van der Waals surface area (Å²) in [7, 11) is 0. The summed E-state index contributed by atoms with van der Waals surface area (Å²) < 4.78 is 5.35. The number of ether oxygens (including phenoxy) is 1. The van der Waals surface area contributed by atoms with E-state index in [0.717, 1.165) is 12.8 Å². The molecule has 0 spiro atoms. The standard InChI is InChI=1S/C24H37N3O5/c1-14(2)19(26-23(31)32-24(5,6)7)22(30)27(16-12-13-16)20(21(29)25-15(3)4)17-10-8-9-11-18(17)28/h8-11,14-16,19-20,28H,12-13H2,1-7H3,(H,25,29)(H,26,31). The summed E-state index contributed by atoms with van der Waals surface area (Å²) in [5.74, 6) is -1.05. The Kier molecular flexibility index (Phi) is 8.15. The maximum atomic E-state index is 13.8. The quantitative estimate of drug-likeness (QED) is 0.565. The van der Waals surface area contributed by atoms with E-state index in [2.05, 4.69) is 10.6 Å². The predicted octanol–water partition coefficient (Wildman–Crippen LogP) is 3.50. The molecule has 0 aliphatic heterocycles. The first-order valence-electron chi connectivity index (χ1n) is 11.2. The molecule has 0 saturated heterocycles. The molecule has 1 aliphatic rings. The van der Waals surface area contributed by atoms with Gasteiger partial charge in [0.15, 0.2) is 0 Å². The molecule has 3 N–H and O–H groups in total. The largest absolute Gasteiger partial charge is 0.508 e. The van der Waals surface area contributed by atoms with Crippen molar-refractivity contribution in [1.29, 1.82) is 0 Å². The lowest BCUT2D eigenvalue weighted by Gasteiger charge is -2.36. The smallest absolute Gasteiger partial charge is 0.408 e. The Morgan fingerprint density at radius 1 is 1.06 bits per heavy atom. The summed E-state index contributed by atoms with van der Waals surface area (Å²) >= 11 is 0. The van der Waals surface area contributed by atoms with E-state index < -0.39 is 23.8 Å². The Bertz CT molecular complexity index is 827. The number of carbonyl (C=O) groups excluding carboxylic acids is 3. The number of benzene rings is 1. The first-order chi connectivity index (χ1) is 14.8. The van der Waals surface area contributed by atoms with Crippen LogP contribution in [0.25, 0.3) is 0 Å². The zero-order valence-electron chi connectivity index (χ0n) is 20.1. The van der Waals surface area contributed by atoms with E-state index in [1.165, 1.54) is 11.0 Å². The Hall–Kier alpha value is -2.77. The van der Waals surface area contributed by atoms with Crippen molar-refractivity contribution >= 4 is 17.9 Å². The van der Waals surface area contributed by atoms with Crippen LogP contribution in [0, 0.1) is 5.92 Å². The third-order valence-electron chi connectivity index (χ3n) is 4.99. The van der Waals surface area contributed by atoms with Gasteiger partial charge in [0, 0.05) is 17.6 Å². The number of rotatable bonds is 8. The van der Waals surface area contributed by atoms with Crippen LogP contribution in [0.2, 0.25) is 0 Å². The summed E-state index contributed by atoms with van der Waals surface area (Å²) in [4.78, 5) is 41.0. The Morgan fingerprint density at radius 2 is 1.66 bits per heavy atom. The van der Waals surface area contributed by atoms with Gasteiger partial charge in [-0.3, -0.25) is 9.59 Å². The molecule has 8 heteroatoms. The van der Waals surface area contributed by atoms with Crippen molar-refractivity contribution in [2.45, 2.75) is 91.1 Å². The van der Waals surface area contributed by atoms with Crippen molar-refractivity contribution in [2.75, 3.05) is 0 Å². The second kappa shape index (κ2) is 10.2. The van der Waals surface area contributed by atoms with Gasteiger partial charge in [0.2, 0.25) is 11.8 Å². The van der Waals surface area contributed by atoms with Crippen LogP contribution in [0.4, 0.5) is 4.79 Å². The molecule has 1 saturated carbocycles. The fourth-order valence-corrected chi connectivity index (χ4v) is 3.48. The molecule has 3 amide bonds. The van der Waals surface area contributed by atoms with Crippen molar-refractivity contribution in [1.82, 2.24) is 15.5 Å². The van der Waals surface area contributed by atoms with Crippen molar-refractivity contribution in [3.63, 3.8) is 0 Å². The van der Waals surface area contributed by atoms with Crippen molar-refractivity contribution in [3.05, 3.63) is 29.8 Å². The number of amides is 3. The summed E-state index contributed by atoms with van der Waals surface area (Å²) in [6, 6.07) is 4.35. The fourth-order valence-electron chi connectivity index (χ4n) is 3.48. The van der Waals surface area contributed by atoms with Crippen LogP contribution in [0.3, 0.4) is 0 Å². The maximum Gasteiger partial charge on any atom is 0.408 e. The zero-order valence-corrected chi connectivity index (χ0v) is 20.1. The van der Waals surface area contributed by atoms with Crippen LogP contribution in [-0.4, -0.2) is 51.6 Å². The van der Waals surface area contributed by atoms with E-state index in [4.69, 9.17) is 4.74 Å². The summed E-state index contributed by atoms with van der Waals surface area (Å²) in [6.45, 7) is 12.6. The van der Waals surface area contributed by atoms with E-state index in [1.54, 1.807) is 39.0 Å². The average molecular weight is 448 g/mol. The number of nitrogens with zero attached hydrogens (tertiary/aromatic N) is 1. The molecule has 2 unspecified atom stereocenters. The number of hydrogen-bond acceptors (Lipinski definition) is 5. The third-order valence-corrected chi connectivity index (χ3v) is 4.99. The molecule has 178 valence electrons. The van der Waals surface area contributed by atoms with E-state index in [9.17, 15) is 19.5 Å². The first-order valence-corrected chi connectivity index (χ1v) is 11.2. The second-order valence-corrected chi connectivity index (χ2v) is 9.97. The highest BCUT2D eigenvalue weighted by Crippen LogP contribution is 2.38. The number of aromatic hydroxyl groups is 1. The summed E-state index contributed by atoms with van der Waals surface area (Å²) in [6.07, 6.45) is 0.815. The lowest BCUT2D eigenvalue weighted by atomic mass is 9.98. The highest BCUT2D eigenvalue weighted by atomic mass is 16.6. The molecular formula is C24H37N3O5. The van der Waals surface area contributed by atoms with Crippen LogP contribution in [0.5, 0.6) is 5.75 Å². The van der Waals surface area contributed by atoms with Gasteiger partial charge in [0.05, 0.1) is 0 Å². The summed E-state index contributed by atoms with van der Waals surface area (Å²) in [5, 5.41) is 16.1. The Morgan fingerprint density at radius 3 is 2.12 bits per heavy atom. The molecule has 0 bridgehead atoms. The van der Waals surface area contributed by atoms with Crippen LogP contribution >= 0.6 is 0 Å². The summed E-state index contributed by atoms with van der Waals surface area (Å²) in [5.41, 5.74) is -0.356. The SMILES string of the molecule is CC(C)NC(=O)C(c1ccccc1O)N(C(=O)C(NC(=O)OC(C)(C)C)C(C)C)C1CC1. The molecule has 0 radical (unpaired) electrons. The number of nitrogens with one attached hydrogen (secondary N) is 2. The van der Waals surface area contributed by atoms with Gasteiger partial charge < -0.3 is 25.4 Å². The van der Waals surface area contributed by atoms with Crippen LogP contribution < -0.4 is 10.6 Å². The third kappa shape index (κ3) is 6.87. The predicted molar refractivity (Wildman–Crippen MR) is 122 cm³/mol. The molecule has 1 fully saturated rings. The Labute approximate surface area is 190 Å². The first kappa shape index (κ1) is 25.5. The lowest BCUT2D eigenvalue weighted by molar-refractivity contribution is -0.144. The molecule has 32 heavy (non-hydrogen) atoms. The van der Waals surface area contributed by atoms with Gasteiger partial charge in [0.25, 0.3) is 0 Å². The monoisotopic (exact) mass is 447 g/mol. The maximum absolute atomic E-state index is 13.8. The van der Waals surface area contributed by atoms with E-state index in [0.29, 0.717) is 5.56 Å². The molecule has 1 aliphatic carbocycles. The van der Waals surface area contributed by atoms with E-state index in [1.807, 2.05) is 27.7 Å². The van der Waals surface area contributed by atoms with Gasteiger partial charge in [-0.1, -0.05) is 32.0 Å². The number of phenolic OH excluding ortho intramolecular Hbond substituents is 1. The fraction of sp³-hybridized carbons (Fsp3) is 0.625. The van der Waals surface area contributed by atoms with Crippen LogP contribution in [0.15, 0.2) is 24.3 Å². The van der Waals surface area contributed by atoms with E-state index in [-0.39, 0.29) is 35.6 Å². The minimum atomic E-state index is -1.01. The number of phenols is 1. The highest BCUT2D eigenvalue weighted by molar-refractivity contribution is 5.93. The minimum Gasteiger partial charge on any atom is -0.508 e. The van der Waals surface area contributed by atoms with Crippen LogP contribution in [-0.2, 0) is 14.3 Å². The molecule has 0 aromatic heterocycles. The van der Waals surface area contributed by atoms with E-state index >= 15 is 0 Å². The van der Waals surface area contributed by atoms with Gasteiger partial charge in [-0.2, -0.15) is 0 Å². The number of alkyl carbamates (subject to hydrolysis) is 1. The lowest BCUT2D eigenvalue weighted by Crippen LogP contribution is -2.55. The molecule has 2 atom stereocenters. The number of para-hydroxylation sites is 1. The molecule has 8 nitrogen and oxygen atoms in total. The average Bonchev–Trinajstić information content (AvgIpc) is 3.47. The Balaban J connectivity index is 2.43. The van der Waals surface area contributed by atoms with Gasteiger partial charge in [-0.05, 0) is 59.4 Å². The number of carbonyl (C=O) groups is 3. The zero-order chi connectivity index (χ0) is 24.2. The molecule has 1 aromatic rings.